The summed E-state index contributed by atoms with van der Waals surface area (Å²) < 4.78 is 17.1. The van der Waals surface area contributed by atoms with Crippen LogP contribution in [0.15, 0.2) is 33.8 Å². The summed E-state index contributed by atoms with van der Waals surface area (Å²) in [4.78, 5) is 36.4. The molecule has 3 amide bonds. The standard InChI is InChI=1S/C26H31BrN4O6/c1-15-8-16(2)23(17(3)9-15)30-22(32)14-37-24-20(27)10-18(11-21(24)35-4)12-29-31-26(34)25(33)28-13-19-6-5-7-36-19/h8-12,19H,5-7,13-14H2,1-4H3,(H,28,33)(H,30,32)(H,31,34)/b29-12-/t19-/m0/s1. The van der Waals surface area contributed by atoms with Gasteiger partial charge in [0, 0.05) is 18.8 Å². The van der Waals surface area contributed by atoms with Gasteiger partial charge in [-0.2, -0.15) is 5.10 Å². The first-order valence-electron chi connectivity index (χ1n) is 11.8. The van der Waals surface area contributed by atoms with E-state index in [0.29, 0.717) is 28.1 Å². The molecule has 37 heavy (non-hydrogen) atoms. The summed E-state index contributed by atoms with van der Waals surface area (Å²) in [5, 5.41) is 9.26. The molecule has 0 spiro atoms. The lowest BCUT2D eigenvalue weighted by Gasteiger charge is -2.15. The molecular weight excluding hydrogens is 544 g/mol. The average molecular weight is 575 g/mol. The Labute approximate surface area is 224 Å². The minimum Gasteiger partial charge on any atom is -0.493 e. The molecule has 198 valence electrons. The third-order valence-corrected chi connectivity index (χ3v) is 6.23. The number of rotatable bonds is 9. The number of benzene rings is 2. The van der Waals surface area contributed by atoms with Crippen molar-refractivity contribution in [3.8, 4) is 11.5 Å². The van der Waals surface area contributed by atoms with Crippen LogP contribution >= 0.6 is 15.9 Å². The molecule has 0 radical (unpaired) electrons. The molecule has 0 bridgehead atoms. The predicted molar refractivity (Wildman–Crippen MR) is 143 cm³/mol. The van der Waals surface area contributed by atoms with Gasteiger partial charge in [-0.1, -0.05) is 17.7 Å². The zero-order chi connectivity index (χ0) is 26.9. The maximum absolute atomic E-state index is 12.5. The molecule has 11 heteroatoms. The van der Waals surface area contributed by atoms with Crippen molar-refractivity contribution in [3.63, 3.8) is 0 Å². The zero-order valence-electron chi connectivity index (χ0n) is 21.3. The lowest BCUT2D eigenvalue weighted by atomic mass is 10.1. The van der Waals surface area contributed by atoms with Gasteiger partial charge < -0.3 is 24.8 Å². The van der Waals surface area contributed by atoms with Gasteiger partial charge in [-0.05, 0) is 78.4 Å². The number of ether oxygens (including phenoxy) is 3. The Morgan fingerprint density at radius 3 is 2.51 bits per heavy atom. The Hall–Kier alpha value is -3.44. The van der Waals surface area contributed by atoms with Gasteiger partial charge in [-0.15, -0.1) is 0 Å². The van der Waals surface area contributed by atoms with E-state index < -0.39 is 11.8 Å². The number of methoxy groups -OCH3 is 1. The van der Waals surface area contributed by atoms with Crippen molar-refractivity contribution < 1.29 is 28.6 Å². The monoisotopic (exact) mass is 574 g/mol. The van der Waals surface area contributed by atoms with E-state index in [2.05, 4.69) is 37.1 Å². The molecule has 2 aromatic rings. The number of hydrogen-bond donors (Lipinski definition) is 3. The molecule has 1 saturated heterocycles. The second kappa shape index (κ2) is 13.2. The SMILES string of the molecule is COc1cc(/C=N\NC(=O)C(=O)NC[C@@H]2CCCO2)cc(Br)c1OCC(=O)Nc1c(C)cc(C)cc1C. The molecule has 0 saturated carbocycles. The molecule has 3 rings (SSSR count). The topological polar surface area (TPSA) is 127 Å². The molecule has 0 aliphatic carbocycles. The summed E-state index contributed by atoms with van der Waals surface area (Å²) in [6.45, 7) is 6.61. The van der Waals surface area contributed by atoms with Gasteiger partial charge in [-0.3, -0.25) is 14.4 Å². The van der Waals surface area contributed by atoms with Gasteiger partial charge in [0.2, 0.25) is 0 Å². The van der Waals surface area contributed by atoms with E-state index >= 15 is 0 Å². The Balaban J connectivity index is 1.56. The van der Waals surface area contributed by atoms with Crippen molar-refractivity contribution in [1.82, 2.24) is 10.7 Å². The van der Waals surface area contributed by atoms with Crippen molar-refractivity contribution in [1.29, 1.82) is 0 Å². The van der Waals surface area contributed by atoms with Crippen molar-refractivity contribution in [3.05, 3.63) is 51.0 Å². The summed E-state index contributed by atoms with van der Waals surface area (Å²) in [6.07, 6.45) is 3.10. The lowest BCUT2D eigenvalue weighted by molar-refractivity contribution is -0.139. The number of halogens is 1. The van der Waals surface area contributed by atoms with Crippen LogP contribution in [-0.4, -0.2) is 56.9 Å². The fourth-order valence-corrected chi connectivity index (χ4v) is 4.53. The second-order valence-electron chi connectivity index (χ2n) is 8.69. The highest BCUT2D eigenvalue weighted by Crippen LogP contribution is 2.36. The largest absolute Gasteiger partial charge is 0.493 e. The number of nitrogens with zero attached hydrogens (tertiary/aromatic N) is 1. The second-order valence-corrected chi connectivity index (χ2v) is 9.54. The lowest BCUT2D eigenvalue weighted by Crippen LogP contribution is -2.41. The van der Waals surface area contributed by atoms with Crippen molar-refractivity contribution in [2.75, 3.05) is 32.2 Å². The minimum absolute atomic E-state index is 0.0623. The Morgan fingerprint density at radius 2 is 1.86 bits per heavy atom. The minimum atomic E-state index is -0.884. The summed E-state index contributed by atoms with van der Waals surface area (Å²) in [5.74, 6) is -1.29. The molecule has 1 aliphatic rings. The highest BCUT2D eigenvalue weighted by atomic mass is 79.9. The fraction of sp³-hybridized carbons (Fsp3) is 0.385. The molecule has 10 nitrogen and oxygen atoms in total. The van der Waals surface area contributed by atoms with Gasteiger partial charge in [0.15, 0.2) is 18.1 Å². The Kier molecular flexibility index (Phi) is 10.0. The van der Waals surface area contributed by atoms with Gasteiger partial charge in [0.25, 0.3) is 5.91 Å². The van der Waals surface area contributed by atoms with Crippen LogP contribution in [0.4, 0.5) is 5.69 Å². The van der Waals surface area contributed by atoms with Crippen molar-refractivity contribution in [2.45, 2.75) is 39.7 Å². The first kappa shape index (κ1) is 28.1. The third-order valence-electron chi connectivity index (χ3n) is 5.64. The smallest absolute Gasteiger partial charge is 0.329 e. The van der Waals surface area contributed by atoms with Gasteiger partial charge in [0.1, 0.15) is 0 Å². The number of carbonyl (C=O) groups excluding carboxylic acids is 3. The van der Waals surface area contributed by atoms with Crippen LogP contribution in [0.25, 0.3) is 0 Å². The van der Waals surface area contributed by atoms with Crippen LogP contribution in [-0.2, 0) is 19.1 Å². The summed E-state index contributed by atoms with van der Waals surface area (Å²) in [5.41, 5.74) is 6.59. The van der Waals surface area contributed by atoms with E-state index in [9.17, 15) is 14.4 Å². The van der Waals surface area contributed by atoms with E-state index in [-0.39, 0.29) is 25.2 Å². The molecule has 0 unspecified atom stereocenters. The third kappa shape index (κ3) is 8.02. The number of aryl methyl sites for hydroxylation is 3. The van der Waals surface area contributed by atoms with E-state index in [4.69, 9.17) is 14.2 Å². The van der Waals surface area contributed by atoms with Gasteiger partial charge >= 0.3 is 11.8 Å². The summed E-state index contributed by atoms with van der Waals surface area (Å²) >= 11 is 3.42. The van der Waals surface area contributed by atoms with Crippen LogP contribution in [0, 0.1) is 20.8 Å². The predicted octanol–water partition coefficient (Wildman–Crippen LogP) is 3.15. The fourth-order valence-electron chi connectivity index (χ4n) is 3.95. The number of hydrazone groups is 1. The Bertz CT molecular complexity index is 1170. The first-order valence-corrected chi connectivity index (χ1v) is 12.6. The maximum atomic E-state index is 12.5. The summed E-state index contributed by atoms with van der Waals surface area (Å²) in [7, 11) is 1.47. The van der Waals surface area contributed by atoms with Crippen LogP contribution in [0.2, 0.25) is 0 Å². The maximum Gasteiger partial charge on any atom is 0.329 e. The summed E-state index contributed by atoms with van der Waals surface area (Å²) in [6, 6.07) is 7.31. The molecule has 1 fully saturated rings. The number of hydrogen-bond acceptors (Lipinski definition) is 7. The highest BCUT2D eigenvalue weighted by Gasteiger charge is 2.19. The van der Waals surface area contributed by atoms with Crippen LogP contribution in [0.5, 0.6) is 11.5 Å². The van der Waals surface area contributed by atoms with E-state index in [0.717, 1.165) is 35.2 Å². The molecule has 3 N–H and O–H groups in total. The average Bonchev–Trinajstić information content (AvgIpc) is 3.37. The molecule has 1 atom stereocenters. The van der Waals surface area contributed by atoms with Crippen LogP contribution in [0.3, 0.4) is 0 Å². The van der Waals surface area contributed by atoms with Crippen molar-refractivity contribution >= 4 is 45.6 Å². The normalized spacial score (nSPS) is 14.9. The number of amides is 3. The van der Waals surface area contributed by atoms with Gasteiger partial charge in [0.05, 0.1) is 23.9 Å². The van der Waals surface area contributed by atoms with Crippen molar-refractivity contribution in [2.24, 2.45) is 5.10 Å². The number of anilines is 1. The van der Waals surface area contributed by atoms with E-state index in [1.54, 1.807) is 12.1 Å². The first-order chi connectivity index (χ1) is 17.7. The van der Waals surface area contributed by atoms with E-state index in [1.807, 2.05) is 32.9 Å². The molecule has 2 aromatic carbocycles. The van der Waals surface area contributed by atoms with Crippen LogP contribution in [0.1, 0.15) is 35.1 Å². The Morgan fingerprint density at radius 1 is 1.14 bits per heavy atom. The number of nitrogens with one attached hydrogen (secondary N) is 3. The molecule has 1 aliphatic heterocycles. The molecule has 1 heterocycles. The molecular formula is C26H31BrN4O6. The van der Waals surface area contributed by atoms with Crippen LogP contribution < -0.4 is 25.5 Å². The number of carbonyl (C=O) groups is 3. The van der Waals surface area contributed by atoms with E-state index in [1.165, 1.54) is 13.3 Å². The van der Waals surface area contributed by atoms with Gasteiger partial charge in [-0.25, -0.2) is 5.43 Å². The zero-order valence-corrected chi connectivity index (χ0v) is 22.9. The highest BCUT2D eigenvalue weighted by molar-refractivity contribution is 9.10. The quantitative estimate of drug-likeness (QED) is 0.240. The molecule has 0 aromatic heterocycles.